The van der Waals surface area contributed by atoms with Gasteiger partial charge in [0.05, 0.1) is 4.90 Å². The van der Waals surface area contributed by atoms with E-state index in [-0.39, 0.29) is 4.90 Å². The van der Waals surface area contributed by atoms with Crippen molar-refractivity contribution in [1.29, 1.82) is 0 Å². The maximum absolute atomic E-state index is 12.3. The first kappa shape index (κ1) is 13.0. The largest absolute Gasteiger partial charge is 0.265 e. The van der Waals surface area contributed by atoms with Crippen LogP contribution < -0.4 is 4.31 Å². The van der Waals surface area contributed by atoms with E-state index >= 15 is 0 Å². The van der Waals surface area contributed by atoms with Gasteiger partial charge in [0.25, 0.3) is 10.0 Å². The SMILES string of the molecule is CN(c1cc(Br)ccn1)S(=O)(=O)c1ccccc1. The molecule has 1 heterocycles. The molecule has 0 spiro atoms. The van der Waals surface area contributed by atoms with Gasteiger partial charge in [0.1, 0.15) is 5.82 Å². The molecule has 0 saturated carbocycles. The average Bonchev–Trinajstić information content (AvgIpc) is 2.39. The van der Waals surface area contributed by atoms with E-state index < -0.39 is 10.0 Å². The molecule has 0 aliphatic rings. The minimum atomic E-state index is -3.56. The molecule has 6 heteroatoms. The lowest BCUT2D eigenvalue weighted by Gasteiger charge is -2.18. The van der Waals surface area contributed by atoms with Gasteiger partial charge in [-0.25, -0.2) is 13.4 Å². The summed E-state index contributed by atoms with van der Waals surface area (Å²) in [6.45, 7) is 0. The van der Waals surface area contributed by atoms with Crippen molar-refractivity contribution < 1.29 is 8.42 Å². The minimum absolute atomic E-state index is 0.245. The smallest absolute Gasteiger partial charge is 0.253 e. The molecule has 94 valence electrons. The van der Waals surface area contributed by atoms with Crippen molar-refractivity contribution in [2.45, 2.75) is 4.90 Å². The summed E-state index contributed by atoms with van der Waals surface area (Å²) in [6, 6.07) is 11.7. The quantitative estimate of drug-likeness (QED) is 0.871. The molecular formula is C12H11BrN2O2S. The van der Waals surface area contributed by atoms with Gasteiger partial charge in [-0.3, -0.25) is 4.31 Å². The Balaban J connectivity index is 2.43. The number of nitrogens with zero attached hydrogens (tertiary/aromatic N) is 2. The van der Waals surface area contributed by atoms with Crippen LogP contribution in [0.25, 0.3) is 0 Å². The molecule has 4 nitrogen and oxygen atoms in total. The number of pyridine rings is 1. The number of hydrogen-bond donors (Lipinski definition) is 0. The van der Waals surface area contributed by atoms with Gasteiger partial charge in [0, 0.05) is 17.7 Å². The van der Waals surface area contributed by atoms with E-state index in [9.17, 15) is 8.42 Å². The summed E-state index contributed by atoms with van der Waals surface area (Å²) < 4.78 is 26.6. The molecule has 0 unspecified atom stereocenters. The minimum Gasteiger partial charge on any atom is -0.253 e. The molecular weight excluding hydrogens is 316 g/mol. The van der Waals surface area contributed by atoms with Crippen LogP contribution in [-0.2, 0) is 10.0 Å². The van der Waals surface area contributed by atoms with Crippen LogP contribution in [0.3, 0.4) is 0 Å². The number of hydrogen-bond acceptors (Lipinski definition) is 3. The van der Waals surface area contributed by atoms with E-state index in [2.05, 4.69) is 20.9 Å². The first-order valence-electron chi connectivity index (χ1n) is 5.17. The topological polar surface area (TPSA) is 50.3 Å². The standard InChI is InChI=1S/C12H11BrN2O2S/c1-15(12-9-10(13)7-8-14-12)18(16,17)11-5-3-2-4-6-11/h2-9H,1H3. The lowest BCUT2D eigenvalue weighted by Crippen LogP contribution is -2.27. The Morgan fingerprint density at radius 1 is 1.17 bits per heavy atom. The van der Waals surface area contributed by atoms with Gasteiger partial charge >= 0.3 is 0 Å². The molecule has 0 radical (unpaired) electrons. The van der Waals surface area contributed by atoms with Crippen LogP contribution in [0, 0.1) is 0 Å². The van der Waals surface area contributed by atoms with E-state index in [4.69, 9.17) is 0 Å². The van der Waals surface area contributed by atoms with Crippen LogP contribution in [0.1, 0.15) is 0 Å². The second kappa shape index (κ2) is 5.07. The fourth-order valence-corrected chi connectivity index (χ4v) is 2.93. The lowest BCUT2D eigenvalue weighted by atomic mass is 10.4. The van der Waals surface area contributed by atoms with Crippen LogP contribution in [-0.4, -0.2) is 20.4 Å². The average molecular weight is 327 g/mol. The highest BCUT2D eigenvalue weighted by Crippen LogP contribution is 2.22. The summed E-state index contributed by atoms with van der Waals surface area (Å²) in [7, 11) is -2.08. The summed E-state index contributed by atoms with van der Waals surface area (Å²) >= 11 is 3.29. The molecule has 0 aliphatic heterocycles. The summed E-state index contributed by atoms with van der Waals surface area (Å²) in [5.74, 6) is 0.369. The Labute approximate surface area is 114 Å². The number of aromatic nitrogens is 1. The molecule has 1 aromatic carbocycles. The van der Waals surface area contributed by atoms with Crippen LogP contribution in [0.2, 0.25) is 0 Å². The first-order chi connectivity index (χ1) is 8.51. The maximum atomic E-state index is 12.3. The van der Waals surface area contributed by atoms with Gasteiger partial charge in [-0.1, -0.05) is 34.1 Å². The Morgan fingerprint density at radius 3 is 2.44 bits per heavy atom. The molecule has 0 atom stereocenters. The number of benzene rings is 1. The van der Waals surface area contributed by atoms with Gasteiger partial charge < -0.3 is 0 Å². The lowest BCUT2D eigenvalue weighted by molar-refractivity contribution is 0.594. The highest BCUT2D eigenvalue weighted by atomic mass is 79.9. The summed E-state index contributed by atoms with van der Waals surface area (Å²) in [4.78, 5) is 4.29. The van der Waals surface area contributed by atoms with E-state index in [1.807, 2.05) is 0 Å². The molecule has 1 aromatic heterocycles. The van der Waals surface area contributed by atoms with Gasteiger partial charge in [-0.15, -0.1) is 0 Å². The Bertz CT molecular complexity index is 644. The second-order valence-electron chi connectivity index (χ2n) is 3.62. The van der Waals surface area contributed by atoms with Crippen LogP contribution in [0.15, 0.2) is 58.0 Å². The van der Waals surface area contributed by atoms with Crippen molar-refractivity contribution in [1.82, 2.24) is 4.98 Å². The number of halogens is 1. The molecule has 2 aromatic rings. The third-order valence-corrected chi connectivity index (χ3v) is 4.70. The molecule has 18 heavy (non-hydrogen) atoms. The van der Waals surface area contributed by atoms with E-state index in [1.165, 1.54) is 7.05 Å². The van der Waals surface area contributed by atoms with Crippen LogP contribution in [0.5, 0.6) is 0 Å². The number of anilines is 1. The fraction of sp³-hybridized carbons (Fsp3) is 0.0833. The summed E-state index contributed by atoms with van der Waals surface area (Å²) in [5, 5.41) is 0. The first-order valence-corrected chi connectivity index (χ1v) is 7.40. The van der Waals surface area contributed by atoms with E-state index in [0.717, 1.165) is 8.78 Å². The van der Waals surface area contributed by atoms with Gasteiger partial charge in [0.2, 0.25) is 0 Å². The maximum Gasteiger partial charge on any atom is 0.265 e. The van der Waals surface area contributed by atoms with Gasteiger partial charge in [-0.05, 0) is 24.3 Å². The molecule has 0 aliphatic carbocycles. The Kier molecular flexibility index (Phi) is 3.68. The summed E-state index contributed by atoms with van der Waals surface area (Å²) in [5.41, 5.74) is 0. The molecule has 0 amide bonds. The van der Waals surface area contributed by atoms with Crippen LogP contribution in [0.4, 0.5) is 5.82 Å². The molecule has 2 rings (SSSR count). The van der Waals surface area contributed by atoms with Crippen molar-refractivity contribution in [3.8, 4) is 0 Å². The van der Waals surface area contributed by atoms with Crippen molar-refractivity contribution in [2.24, 2.45) is 0 Å². The molecule has 0 saturated heterocycles. The zero-order valence-electron chi connectivity index (χ0n) is 9.62. The highest BCUT2D eigenvalue weighted by Gasteiger charge is 2.21. The van der Waals surface area contributed by atoms with E-state index in [1.54, 1.807) is 48.7 Å². The second-order valence-corrected chi connectivity index (χ2v) is 6.50. The molecule has 0 bridgehead atoms. The summed E-state index contributed by atoms with van der Waals surface area (Å²) in [6.07, 6.45) is 1.55. The van der Waals surface area contributed by atoms with Crippen LogP contribution >= 0.6 is 15.9 Å². The monoisotopic (exact) mass is 326 g/mol. The zero-order chi connectivity index (χ0) is 13.2. The third-order valence-electron chi connectivity index (χ3n) is 2.43. The Hall–Kier alpha value is -1.40. The zero-order valence-corrected chi connectivity index (χ0v) is 12.0. The van der Waals surface area contributed by atoms with Gasteiger partial charge in [0.15, 0.2) is 0 Å². The highest BCUT2D eigenvalue weighted by molar-refractivity contribution is 9.10. The fourth-order valence-electron chi connectivity index (χ4n) is 1.44. The molecule has 0 N–H and O–H groups in total. The molecule has 0 fully saturated rings. The van der Waals surface area contributed by atoms with Crippen molar-refractivity contribution in [2.75, 3.05) is 11.4 Å². The van der Waals surface area contributed by atoms with Gasteiger partial charge in [-0.2, -0.15) is 0 Å². The third kappa shape index (κ3) is 2.54. The predicted molar refractivity (Wildman–Crippen MR) is 74.0 cm³/mol. The number of rotatable bonds is 3. The van der Waals surface area contributed by atoms with E-state index in [0.29, 0.717) is 5.82 Å². The van der Waals surface area contributed by atoms with Crippen molar-refractivity contribution in [3.05, 3.63) is 53.1 Å². The normalized spacial score (nSPS) is 11.2. The van der Waals surface area contributed by atoms with Crippen molar-refractivity contribution >= 4 is 31.8 Å². The number of sulfonamides is 1. The Morgan fingerprint density at radius 2 is 1.83 bits per heavy atom. The van der Waals surface area contributed by atoms with Crippen molar-refractivity contribution in [3.63, 3.8) is 0 Å². The predicted octanol–water partition coefficient (Wildman–Crippen LogP) is 2.67.